The second kappa shape index (κ2) is 8.94. The number of benzene rings is 3. The summed E-state index contributed by atoms with van der Waals surface area (Å²) in [6, 6.07) is 24.8. The lowest BCUT2D eigenvalue weighted by Crippen LogP contribution is -2.27. The van der Waals surface area contributed by atoms with Crippen LogP contribution >= 0.6 is 23.4 Å². The zero-order chi connectivity index (χ0) is 21.1. The molecule has 2 atom stereocenters. The first-order valence-corrected chi connectivity index (χ1v) is 11.1. The molecule has 1 N–H and O–H groups in total. The van der Waals surface area contributed by atoms with Crippen LogP contribution < -0.4 is 10.2 Å². The van der Waals surface area contributed by atoms with Gasteiger partial charge in [-0.1, -0.05) is 54.6 Å². The summed E-state index contributed by atoms with van der Waals surface area (Å²) in [7, 11) is 0. The maximum Gasteiger partial charge on any atom is 0.246 e. The van der Waals surface area contributed by atoms with Gasteiger partial charge < -0.3 is 5.32 Å². The molecular weight excluding hydrogens is 416 g/mol. The number of amides is 2. The summed E-state index contributed by atoms with van der Waals surface area (Å²) in [5, 5.41) is 2.01. The number of rotatable bonds is 5. The summed E-state index contributed by atoms with van der Waals surface area (Å²) in [6.45, 7) is 2.02. The molecule has 0 spiro atoms. The molecule has 4 nitrogen and oxygen atoms in total. The fourth-order valence-electron chi connectivity index (χ4n) is 3.44. The Labute approximate surface area is 185 Å². The first-order valence-electron chi connectivity index (χ1n) is 9.63. The Kier molecular flexibility index (Phi) is 6.11. The van der Waals surface area contributed by atoms with Gasteiger partial charge in [-0.15, -0.1) is 23.4 Å². The first-order chi connectivity index (χ1) is 14.5. The Morgan fingerprint density at radius 1 is 1.07 bits per heavy atom. The topological polar surface area (TPSA) is 49.4 Å². The Bertz CT molecular complexity index is 1060. The number of carbonyl (C=O) groups is 2. The van der Waals surface area contributed by atoms with E-state index in [4.69, 9.17) is 11.6 Å². The number of hydrogen-bond acceptors (Lipinski definition) is 3. The van der Waals surface area contributed by atoms with Gasteiger partial charge in [-0.3, -0.25) is 14.5 Å². The van der Waals surface area contributed by atoms with Gasteiger partial charge in [-0.25, -0.2) is 0 Å². The average molecular weight is 437 g/mol. The lowest BCUT2D eigenvalue weighted by Gasteiger charge is -2.25. The Balaban J connectivity index is 1.49. The third-order valence-corrected chi connectivity index (χ3v) is 6.60. The van der Waals surface area contributed by atoms with Gasteiger partial charge in [0.15, 0.2) is 0 Å². The maximum absolute atomic E-state index is 12.5. The fraction of sp³-hybridized carbons (Fsp3) is 0.167. The summed E-state index contributed by atoms with van der Waals surface area (Å²) in [5.74, 6) is 0.269. The highest BCUT2D eigenvalue weighted by Gasteiger charge is 2.34. The van der Waals surface area contributed by atoms with Crippen molar-refractivity contribution in [3.05, 3.63) is 95.6 Å². The van der Waals surface area contributed by atoms with E-state index < -0.39 is 5.38 Å². The van der Waals surface area contributed by atoms with Crippen molar-refractivity contribution in [1.82, 2.24) is 0 Å². The third kappa shape index (κ3) is 4.37. The molecule has 0 aliphatic carbocycles. The predicted octanol–water partition coefficient (Wildman–Crippen LogP) is 5.69. The van der Waals surface area contributed by atoms with Gasteiger partial charge in [0.2, 0.25) is 11.8 Å². The van der Waals surface area contributed by atoms with Crippen molar-refractivity contribution < 1.29 is 9.59 Å². The minimum Gasteiger partial charge on any atom is -0.325 e. The van der Waals surface area contributed by atoms with Crippen LogP contribution in [0.1, 0.15) is 27.4 Å². The highest BCUT2D eigenvalue weighted by molar-refractivity contribution is 8.00. The third-order valence-electron chi connectivity index (χ3n) is 4.93. The zero-order valence-electron chi connectivity index (χ0n) is 16.4. The van der Waals surface area contributed by atoms with Crippen molar-refractivity contribution in [3.8, 4) is 0 Å². The molecule has 4 rings (SSSR count). The number of anilines is 2. The fourth-order valence-corrected chi connectivity index (χ4v) is 4.82. The highest BCUT2D eigenvalue weighted by Crippen LogP contribution is 2.42. The number of hydrogen-bond donors (Lipinski definition) is 1. The van der Waals surface area contributed by atoms with Crippen molar-refractivity contribution in [1.29, 1.82) is 0 Å². The minimum atomic E-state index is -0.759. The van der Waals surface area contributed by atoms with E-state index >= 15 is 0 Å². The Morgan fingerprint density at radius 2 is 1.80 bits per heavy atom. The largest absolute Gasteiger partial charge is 0.325 e. The van der Waals surface area contributed by atoms with E-state index in [0.717, 1.165) is 22.4 Å². The summed E-state index contributed by atoms with van der Waals surface area (Å²) in [6.07, 6.45) is 0. The molecule has 6 heteroatoms. The van der Waals surface area contributed by atoms with Gasteiger partial charge in [0, 0.05) is 11.4 Å². The number of nitrogens with zero attached hydrogens (tertiary/aromatic N) is 1. The first kappa shape index (κ1) is 20.5. The number of aryl methyl sites for hydroxylation is 1. The van der Waals surface area contributed by atoms with E-state index in [1.807, 2.05) is 90.7 Å². The molecule has 152 valence electrons. The van der Waals surface area contributed by atoms with Crippen LogP contribution in [-0.2, 0) is 9.59 Å². The van der Waals surface area contributed by atoms with Gasteiger partial charge in [-0.2, -0.15) is 0 Å². The summed E-state index contributed by atoms with van der Waals surface area (Å²) in [4.78, 5) is 26.8. The number of nitrogens with one attached hydrogen (secondary N) is 1. The average Bonchev–Trinajstić information content (AvgIpc) is 3.15. The smallest absolute Gasteiger partial charge is 0.246 e. The predicted molar refractivity (Wildman–Crippen MR) is 124 cm³/mol. The molecular formula is C24H21ClN2O2S. The zero-order valence-corrected chi connectivity index (χ0v) is 18.0. The second-order valence-electron chi connectivity index (χ2n) is 7.15. The number of halogens is 1. The van der Waals surface area contributed by atoms with Gasteiger partial charge in [0.05, 0.1) is 5.75 Å². The highest BCUT2D eigenvalue weighted by atomic mass is 35.5. The molecule has 0 bridgehead atoms. The summed E-state index contributed by atoms with van der Waals surface area (Å²) in [5.41, 5.74) is 4.45. The lowest BCUT2D eigenvalue weighted by atomic mass is 10.1. The Hall–Kier alpha value is -2.76. The SMILES string of the molecule is Cc1cccc(N2C(=O)CSC2c2ccc(NC(=O)C(Cl)c3ccccc3)cc2)c1. The lowest BCUT2D eigenvalue weighted by molar-refractivity contribution is -0.116. The monoisotopic (exact) mass is 436 g/mol. The molecule has 1 fully saturated rings. The molecule has 1 heterocycles. The van der Waals surface area contributed by atoms with Gasteiger partial charge in [0.25, 0.3) is 0 Å². The van der Waals surface area contributed by atoms with E-state index in [1.54, 1.807) is 11.8 Å². The van der Waals surface area contributed by atoms with Gasteiger partial charge in [-0.05, 0) is 47.9 Å². The van der Waals surface area contributed by atoms with Crippen molar-refractivity contribution in [3.63, 3.8) is 0 Å². The summed E-state index contributed by atoms with van der Waals surface area (Å²) < 4.78 is 0. The number of carbonyl (C=O) groups excluding carboxylic acids is 2. The molecule has 3 aromatic rings. The van der Waals surface area contributed by atoms with Crippen molar-refractivity contribution in [2.24, 2.45) is 0 Å². The van der Waals surface area contributed by atoms with Crippen molar-refractivity contribution in [2.75, 3.05) is 16.0 Å². The van der Waals surface area contributed by atoms with Gasteiger partial charge >= 0.3 is 0 Å². The van der Waals surface area contributed by atoms with Crippen LogP contribution in [0, 0.1) is 6.92 Å². The molecule has 1 aliphatic rings. The maximum atomic E-state index is 12.5. The minimum absolute atomic E-state index is 0.0888. The van der Waals surface area contributed by atoms with Crippen LogP contribution in [-0.4, -0.2) is 17.6 Å². The van der Waals surface area contributed by atoms with Crippen LogP contribution in [0.4, 0.5) is 11.4 Å². The van der Waals surface area contributed by atoms with Crippen LogP contribution in [0.5, 0.6) is 0 Å². The summed E-state index contributed by atoms with van der Waals surface area (Å²) >= 11 is 7.90. The molecule has 1 aliphatic heterocycles. The van der Waals surface area contributed by atoms with Crippen LogP contribution in [0.15, 0.2) is 78.9 Å². The molecule has 0 aromatic heterocycles. The Morgan fingerprint density at radius 3 is 2.50 bits per heavy atom. The number of thioether (sulfide) groups is 1. The number of alkyl halides is 1. The van der Waals surface area contributed by atoms with Crippen LogP contribution in [0.2, 0.25) is 0 Å². The van der Waals surface area contributed by atoms with E-state index in [1.165, 1.54) is 0 Å². The standard InChI is InChI=1S/C24H21ClN2O2S/c1-16-6-5-9-20(14-16)27-21(28)15-30-24(27)18-10-12-19(13-11-18)26-23(29)22(25)17-7-3-2-4-8-17/h2-14,22,24H,15H2,1H3,(H,26,29). The van der Waals surface area contributed by atoms with Crippen molar-refractivity contribution >= 4 is 46.6 Å². The van der Waals surface area contributed by atoms with Crippen molar-refractivity contribution in [2.45, 2.75) is 17.7 Å². The normalized spacial score (nSPS) is 17.1. The van der Waals surface area contributed by atoms with E-state index in [-0.39, 0.29) is 17.2 Å². The van der Waals surface area contributed by atoms with E-state index in [9.17, 15) is 9.59 Å². The second-order valence-corrected chi connectivity index (χ2v) is 8.66. The molecule has 30 heavy (non-hydrogen) atoms. The molecule has 3 aromatic carbocycles. The molecule has 2 unspecified atom stereocenters. The molecule has 0 radical (unpaired) electrons. The van der Waals surface area contributed by atoms with Gasteiger partial charge in [0.1, 0.15) is 10.8 Å². The quantitative estimate of drug-likeness (QED) is 0.522. The van der Waals surface area contributed by atoms with E-state index in [2.05, 4.69) is 5.32 Å². The molecule has 2 amide bonds. The van der Waals surface area contributed by atoms with E-state index in [0.29, 0.717) is 11.4 Å². The molecule has 1 saturated heterocycles. The molecule has 0 saturated carbocycles. The van der Waals surface area contributed by atoms with Crippen LogP contribution in [0.3, 0.4) is 0 Å². The van der Waals surface area contributed by atoms with Crippen LogP contribution in [0.25, 0.3) is 0 Å².